The van der Waals surface area contributed by atoms with Gasteiger partial charge in [-0.3, -0.25) is 4.79 Å². The average molecular weight is 340 g/mol. The second-order valence-corrected chi connectivity index (χ2v) is 5.16. The Kier molecular flexibility index (Phi) is 4.00. The van der Waals surface area contributed by atoms with Gasteiger partial charge in [-0.25, -0.2) is 9.07 Å². The van der Waals surface area contributed by atoms with E-state index in [9.17, 15) is 22.4 Å². The first kappa shape index (κ1) is 16.0. The monoisotopic (exact) mass is 340 g/mol. The molecule has 1 amide bonds. The van der Waals surface area contributed by atoms with Crippen molar-refractivity contribution in [3.05, 3.63) is 65.9 Å². The molecular weight excluding hydrogens is 328 g/mol. The number of amides is 1. The highest BCUT2D eigenvalue weighted by Crippen LogP contribution is 2.30. The largest absolute Gasteiger partial charge is 0.416 e. The molecule has 126 valence electrons. The minimum absolute atomic E-state index is 0.0364. The van der Waals surface area contributed by atoms with Crippen LogP contribution in [0.1, 0.15) is 17.4 Å². The van der Waals surface area contributed by atoms with Gasteiger partial charge in [0.25, 0.3) is 0 Å². The van der Waals surface area contributed by atoms with Crippen LogP contribution in [0.4, 0.5) is 17.6 Å². The summed E-state index contributed by atoms with van der Waals surface area (Å²) in [5.74, 6) is -1.31. The zero-order valence-electron chi connectivity index (χ0n) is 12.2. The lowest BCUT2D eigenvalue weighted by atomic mass is 10.1. The summed E-state index contributed by atoms with van der Waals surface area (Å²) in [6.45, 7) is -0.0364. The standard InChI is InChI=1S/C15H12F4N4O/c16-12-8-11(15(17,18)19)3-2-10(12)9-22-7-4-13(24)21-14(22)23-6-1-5-20-23/h1-8,14H,9H2,(H,21,24). The fourth-order valence-corrected chi connectivity index (χ4v) is 2.33. The lowest BCUT2D eigenvalue weighted by Crippen LogP contribution is -2.45. The summed E-state index contributed by atoms with van der Waals surface area (Å²) in [6.07, 6.45) is 0.529. The van der Waals surface area contributed by atoms with E-state index in [1.165, 1.54) is 23.2 Å². The summed E-state index contributed by atoms with van der Waals surface area (Å²) < 4.78 is 53.3. The Balaban J connectivity index is 1.86. The molecule has 1 aromatic carbocycles. The zero-order valence-corrected chi connectivity index (χ0v) is 12.2. The van der Waals surface area contributed by atoms with Crippen molar-refractivity contribution in [3.63, 3.8) is 0 Å². The molecule has 5 nitrogen and oxygen atoms in total. The molecule has 1 aliphatic rings. The molecule has 0 spiro atoms. The molecule has 0 saturated heterocycles. The van der Waals surface area contributed by atoms with Crippen molar-refractivity contribution in [1.29, 1.82) is 0 Å². The molecule has 0 bridgehead atoms. The first-order valence-corrected chi connectivity index (χ1v) is 6.94. The predicted molar refractivity (Wildman–Crippen MR) is 75.5 cm³/mol. The van der Waals surface area contributed by atoms with Crippen molar-refractivity contribution in [3.8, 4) is 0 Å². The Bertz CT molecular complexity index is 770. The molecular formula is C15H12F4N4O. The lowest BCUT2D eigenvalue weighted by Gasteiger charge is -2.33. The van der Waals surface area contributed by atoms with Gasteiger partial charge in [-0.1, -0.05) is 6.07 Å². The Morgan fingerprint density at radius 3 is 2.71 bits per heavy atom. The molecule has 9 heteroatoms. The van der Waals surface area contributed by atoms with E-state index >= 15 is 0 Å². The van der Waals surface area contributed by atoms with Crippen LogP contribution in [0.25, 0.3) is 0 Å². The average Bonchev–Trinajstić information content (AvgIpc) is 3.04. The number of aromatic nitrogens is 2. The van der Waals surface area contributed by atoms with Crippen LogP contribution in [0.5, 0.6) is 0 Å². The van der Waals surface area contributed by atoms with E-state index in [4.69, 9.17) is 0 Å². The van der Waals surface area contributed by atoms with Crippen molar-refractivity contribution in [2.75, 3.05) is 0 Å². The smallest absolute Gasteiger partial charge is 0.335 e. The first-order valence-electron chi connectivity index (χ1n) is 6.94. The number of carbonyl (C=O) groups is 1. The SMILES string of the molecule is O=C1C=CN(Cc2ccc(C(F)(F)F)cc2F)C(n2cccn2)N1. The van der Waals surface area contributed by atoms with Crippen molar-refractivity contribution in [2.24, 2.45) is 0 Å². The quantitative estimate of drug-likeness (QED) is 0.874. The maximum atomic E-state index is 14.0. The van der Waals surface area contributed by atoms with Gasteiger partial charge in [0.1, 0.15) is 5.82 Å². The van der Waals surface area contributed by atoms with Crippen LogP contribution >= 0.6 is 0 Å². The number of benzene rings is 1. The Morgan fingerprint density at radius 1 is 1.29 bits per heavy atom. The van der Waals surface area contributed by atoms with E-state index in [-0.39, 0.29) is 18.0 Å². The third-order valence-electron chi connectivity index (χ3n) is 3.51. The number of halogens is 4. The normalized spacial score (nSPS) is 17.9. The van der Waals surface area contributed by atoms with E-state index in [2.05, 4.69) is 10.4 Å². The minimum atomic E-state index is -4.60. The number of nitrogens with zero attached hydrogens (tertiary/aromatic N) is 3. The third-order valence-corrected chi connectivity index (χ3v) is 3.51. The van der Waals surface area contributed by atoms with Gasteiger partial charge in [-0.2, -0.15) is 18.3 Å². The topological polar surface area (TPSA) is 50.2 Å². The van der Waals surface area contributed by atoms with Crippen LogP contribution in [0, 0.1) is 5.82 Å². The third kappa shape index (κ3) is 3.24. The van der Waals surface area contributed by atoms with Gasteiger partial charge >= 0.3 is 6.18 Å². The molecule has 0 saturated carbocycles. The summed E-state index contributed by atoms with van der Waals surface area (Å²) in [4.78, 5) is 13.1. The van der Waals surface area contributed by atoms with Crippen molar-refractivity contribution in [2.45, 2.75) is 19.0 Å². The summed E-state index contributed by atoms with van der Waals surface area (Å²) >= 11 is 0. The van der Waals surface area contributed by atoms with Crippen LogP contribution < -0.4 is 5.32 Å². The Labute approximate surface area is 134 Å². The van der Waals surface area contributed by atoms with E-state index < -0.39 is 23.8 Å². The highest BCUT2D eigenvalue weighted by molar-refractivity contribution is 5.88. The molecule has 2 aromatic rings. The molecule has 0 radical (unpaired) electrons. The number of alkyl halides is 3. The van der Waals surface area contributed by atoms with Crippen molar-refractivity contribution in [1.82, 2.24) is 20.0 Å². The van der Waals surface area contributed by atoms with E-state index in [0.29, 0.717) is 6.07 Å². The van der Waals surface area contributed by atoms with E-state index in [1.54, 1.807) is 17.2 Å². The number of nitrogens with one attached hydrogen (secondary N) is 1. The van der Waals surface area contributed by atoms with E-state index in [1.807, 2.05) is 0 Å². The van der Waals surface area contributed by atoms with Gasteiger partial charge in [-0.15, -0.1) is 0 Å². The van der Waals surface area contributed by atoms with Gasteiger partial charge in [0.15, 0.2) is 0 Å². The first-order chi connectivity index (χ1) is 11.3. The number of hydrogen-bond donors (Lipinski definition) is 1. The predicted octanol–water partition coefficient (Wildman–Crippen LogP) is 2.64. The minimum Gasteiger partial charge on any atom is -0.335 e. The zero-order chi connectivity index (χ0) is 17.3. The van der Waals surface area contributed by atoms with Crippen LogP contribution in [0.2, 0.25) is 0 Å². The highest BCUT2D eigenvalue weighted by atomic mass is 19.4. The summed E-state index contributed by atoms with van der Waals surface area (Å²) in [5, 5.41) is 6.66. The molecule has 1 N–H and O–H groups in total. The van der Waals surface area contributed by atoms with Crippen LogP contribution in [-0.2, 0) is 17.5 Å². The second kappa shape index (κ2) is 5.99. The summed E-state index contributed by atoms with van der Waals surface area (Å²) in [6, 6.07) is 4.03. The molecule has 1 aliphatic heterocycles. The molecule has 1 unspecified atom stereocenters. The lowest BCUT2D eigenvalue weighted by molar-refractivity contribution is -0.137. The maximum Gasteiger partial charge on any atom is 0.416 e. The Hall–Kier alpha value is -2.84. The fraction of sp³-hybridized carbons (Fsp3) is 0.200. The summed E-state index contributed by atoms with van der Waals surface area (Å²) in [5.41, 5.74) is -0.976. The molecule has 1 aromatic heterocycles. The molecule has 24 heavy (non-hydrogen) atoms. The van der Waals surface area contributed by atoms with Gasteiger partial charge in [0.05, 0.1) is 5.56 Å². The maximum absolute atomic E-state index is 14.0. The molecule has 1 atom stereocenters. The fourth-order valence-electron chi connectivity index (χ4n) is 2.33. The van der Waals surface area contributed by atoms with Gasteiger partial charge in [0, 0.05) is 36.8 Å². The van der Waals surface area contributed by atoms with E-state index in [0.717, 1.165) is 12.1 Å². The van der Waals surface area contributed by atoms with Crippen LogP contribution in [-0.4, -0.2) is 20.6 Å². The Morgan fingerprint density at radius 2 is 2.08 bits per heavy atom. The summed E-state index contributed by atoms with van der Waals surface area (Å²) in [7, 11) is 0. The van der Waals surface area contributed by atoms with Crippen molar-refractivity contribution < 1.29 is 22.4 Å². The van der Waals surface area contributed by atoms with Crippen LogP contribution in [0.3, 0.4) is 0 Å². The number of hydrogen-bond acceptors (Lipinski definition) is 3. The van der Waals surface area contributed by atoms with Gasteiger partial charge in [-0.05, 0) is 18.2 Å². The van der Waals surface area contributed by atoms with Gasteiger partial charge in [0.2, 0.25) is 12.2 Å². The molecule has 0 fully saturated rings. The molecule has 3 rings (SSSR count). The number of rotatable bonds is 3. The second-order valence-electron chi connectivity index (χ2n) is 5.16. The van der Waals surface area contributed by atoms with Crippen LogP contribution in [0.15, 0.2) is 48.9 Å². The molecule has 2 heterocycles. The number of carbonyl (C=O) groups excluding carboxylic acids is 1. The van der Waals surface area contributed by atoms with Crippen molar-refractivity contribution >= 4 is 5.91 Å². The highest BCUT2D eigenvalue weighted by Gasteiger charge is 2.31. The van der Waals surface area contributed by atoms with Gasteiger partial charge < -0.3 is 10.2 Å². The molecule has 0 aliphatic carbocycles.